The van der Waals surface area contributed by atoms with E-state index in [-0.39, 0.29) is 12.3 Å². The third-order valence-corrected chi connectivity index (χ3v) is 10.4. The van der Waals surface area contributed by atoms with Gasteiger partial charge in [0.05, 0.1) is 23.1 Å². The lowest BCUT2D eigenvalue weighted by Crippen LogP contribution is -2.39. The van der Waals surface area contributed by atoms with Crippen molar-refractivity contribution in [2.45, 2.75) is 44.5 Å². The molecule has 5 heteroatoms. The second kappa shape index (κ2) is 11.6. The molecular weight excluding hydrogens is 576 g/mol. The molecule has 47 heavy (non-hydrogen) atoms. The van der Waals surface area contributed by atoms with Gasteiger partial charge in [-0.3, -0.25) is 0 Å². The molecule has 5 aliphatic rings. The van der Waals surface area contributed by atoms with E-state index >= 15 is 0 Å². The van der Waals surface area contributed by atoms with E-state index in [9.17, 15) is 0 Å². The van der Waals surface area contributed by atoms with Crippen LogP contribution < -0.4 is 10.2 Å². The maximum Gasteiger partial charge on any atom is 0.195 e. The minimum Gasteiger partial charge on any atom is -0.469 e. The van der Waals surface area contributed by atoms with E-state index in [1.807, 2.05) is 6.07 Å². The van der Waals surface area contributed by atoms with Gasteiger partial charge >= 0.3 is 0 Å². The summed E-state index contributed by atoms with van der Waals surface area (Å²) in [5.41, 5.74) is 8.88. The Balaban J connectivity index is 1.04. The van der Waals surface area contributed by atoms with E-state index in [4.69, 9.17) is 14.7 Å². The fraction of sp³-hybridized carbons (Fsp3) is 0.238. The molecule has 4 aromatic rings. The molecule has 2 aliphatic heterocycles. The van der Waals surface area contributed by atoms with Gasteiger partial charge in [0.15, 0.2) is 12.1 Å². The van der Waals surface area contributed by atoms with Crippen LogP contribution in [0.1, 0.15) is 43.7 Å². The summed E-state index contributed by atoms with van der Waals surface area (Å²) in [5.74, 6) is 3.12. The highest BCUT2D eigenvalue weighted by molar-refractivity contribution is 5.77. The number of anilines is 1. The molecular formula is C42H38N4O. The molecule has 1 N–H and O–H groups in total. The van der Waals surface area contributed by atoms with Crippen molar-refractivity contribution in [2.75, 3.05) is 4.90 Å². The molecule has 5 nitrogen and oxygen atoms in total. The van der Waals surface area contributed by atoms with Crippen molar-refractivity contribution in [3.8, 4) is 22.6 Å². The Morgan fingerprint density at radius 1 is 0.809 bits per heavy atom. The number of rotatable bonds is 5. The van der Waals surface area contributed by atoms with Gasteiger partial charge in [0.2, 0.25) is 0 Å². The molecule has 3 heterocycles. The van der Waals surface area contributed by atoms with Gasteiger partial charge in [0, 0.05) is 40.3 Å². The van der Waals surface area contributed by atoms with Gasteiger partial charge in [-0.25, -0.2) is 9.97 Å². The zero-order valence-electron chi connectivity index (χ0n) is 26.5. The van der Waals surface area contributed by atoms with Crippen LogP contribution in [0.3, 0.4) is 0 Å². The largest absolute Gasteiger partial charge is 0.469 e. The first kappa shape index (κ1) is 28.1. The molecule has 0 saturated carbocycles. The number of fused-ring (bicyclic) bond motifs is 4. The van der Waals surface area contributed by atoms with E-state index in [1.54, 1.807) is 0 Å². The van der Waals surface area contributed by atoms with Crippen LogP contribution in [-0.4, -0.2) is 22.1 Å². The predicted molar refractivity (Wildman–Crippen MR) is 189 cm³/mol. The maximum absolute atomic E-state index is 6.75. The molecule has 3 aromatic carbocycles. The van der Waals surface area contributed by atoms with E-state index in [2.05, 4.69) is 145 Å². The molecule has 1 aromatic heterocycles. The van der Waals surface area contributed by atoms with Crippen molar-refractivity contribution in [3.05, 3.63) is 156 Å². The van der Waals surface area contributed by atoms with E-state index in [1.165, 1.54) is 16.9 Å². The van der Waals surface area contributed by atoms with Crippen molar-refractivity contribution in [3.63, 3.8) is 0 Å². The number of nitrogens with zero attached hydrogens (tertiary/aromatic N) is 3. The monoisotopic (exact) mass is 614 g/mol. The number of aromatic nitrogens is 2. The second-order valence-corrected chi connectivity index (χ2v) is 13.4. The smallest absolute Gasteiger partial charge is 0.195 e. The van der Waals surface area contributed by atoms with Crippen LogP contribution in [0.15, 0.2) is 145 Å². The van der Waals surface area contributed by atoms with Crippen molar-refractivity contribution in [1.29, 1.82) is 0 Å². The lowest BCUT2D eigenvalue weighted by molar-refractivity contribution is 0.0989. The van der Waals surface area contributed by atoms with Gasteiger partial charge < -0.3 is 15.0 Å². The van der Waals surface area contributed by atoms with Crippen molar-refractivity contribution in [2.24, 2.45) is 17.8 Å². The topological polar surface area (TPSA) is 50.3 Å². The first-order chi connectivity index (χ1) is 23.2. The SMILES string of the molecule is CC1C=CC(c2cc(-c3ccccc3)nc(-c3ccc(N4C5C=CC=CC5C5C6=C(CCC54)NC(c4ccccc4)O6)cc3)n2)=CC1. The normalized spacial score (nSPS) is 27.1. The summed E-state index contributed by atoms with van der Waals surface area (Å²) in [7, 11) is 0. The number of ether oxygens (including phenoxy) is 1. The quantitative estimate of drug-likeness (QED) is 0.243. The highest BCUT2D eigenvalue weighted by atomic mass is 16.5. The molecule has 0 spiro atoms. The number of hydrogen-bond donors (Lipinski definition) is 1. The third-order valence-electron chi connectivity index (χ3n) is 10.4. The number of hydrogen-bond acceptors (Lipinski definition) is 5. The Hall–Kier alpha value is -5.16. The van der Waals surface area contributed by atoms with Crippen LogP contribution in [0, 0.1) is 17.8 Å². The summed E-state index contributed by atoms with van der Waals surface area (Å²) in [6.07, 6.45) is 19.0. The molecule has 1 fully saturated rings. The zero-order valence-corrected chi connectivity index (χ0v) is 26.5. The van der Waals surface area contributed by atoms with Gasteiger partial charge in [-0.1, -0.05) is 110 Å². The second-order valence-electron chi connectivity index (χ2n) is 13.4. The average molecular weight is 615 g/mol. The van der Waals surface area contributed by atoms with Gasteiger partial charge in [-0.2, -0.15) is 0 Å². The van der Waals surface area contributed by atoms with Crippen molar-refractivity contribution >= 4 is 11.3 Å². The molecule has 3 aliphatic carbocycles. The molecule has 1 saturated heterocycles. The summed E-state index contributed by atoms with van der Waals surface area (Å²) in [6.45, 7) is 2.25. The van der Waals surface area contributed by atoms with Crippen LogP contribution >= 0.6 is 0 Å². The Morgan fingerprint density at radius 3 is 2.36 bits per heavy atom. The Kier molecular flexibility index (Phi) is 6.92. The lowest BCUT2D eigenvalue weighted by Gasteiger charge is -2.35. The maximum atomic E-state index is 6.75. The number of nitrogens with one attached hydrogen (secondary N) is 1. The highest BCUT2D eigenvalue weighted by Crippen LogP contribution is 2.52. The molecule has 9 rings (SSSR count). The lowest BCUT2D eigenvalue weighted by atomic mass is 9.79. The van der Waals surface area contributed by atoms with E-state index in [0.29, 0.717) is 23.8 Å². The number of benzene rings is 3. The van der Waals surface area contributed by atoms with E-state index < -0.39 is 0 Å². The summed E-state index contributed by atoms with van der Waals surface area (Å²) in [4.78, 5) is 12.8. The van der Waals surface area contributed by atoms with E-state index in [0.717, 1.165) is 58.9 Å². The van der Waals surface area contributed by atoms with Crippen LogP contribution in [-0.2, 0) is 4.74 Å². The molecule has 0 bridgehead atoms. The minimum absolute atomic E-state index is 0.116. The highest BCUT2D eigenvalue weighted by Gasteiger charge is 2.53. The molecule has 6 unspecified atom stereocenters. The van der Waals surface area contributed by atoms with Gasteiger partial charge in [0.25, 0.3) is 0 Å². The molecule has 232 valence electrons. The standard InChI is InChI=1S/C42H38N4O/c1-27-16-18-29(19-17-27)36-26-35(28-10-4-2-5-11-28)43-41(44-36)30-20-22-32(23-21-30)46-37-15-9-8-14-33(37)39-38(46)25-24-34-40(39)47-42(45-34)31-12-6-3-7-13-31/h2-16,18-23,26-27,33,37-39,42,45H,17,24-25H2,1H3. The fourth-order valence-electron chi connectivity index (χ4n) is 8.09. The molecule has 6 atom stereocenters. The summed E-state index contributed by atoms with van der Waals surface area (Å²) in [5, 5.41) is 3.72. The Morgan fingerprint density at radius 2 is 1.57 bits per heavy atom. The van der Waals surface area contributed by atoms with Crippen LogP contribution in [0.5, 0.6) is 0 Å². The summed E-state index contributed by atoms with van der Waals surface area (Å²) < 4.78 is 6.75. The fourth-order valence-corrected chi connectivity index (χ4v) is 8.09. The van der Waals surface area contributed by atoms with Crippen LogP contribution in [0.25, 0.3) is 28.2 Å². The van der Waals surface area contributed by atoms with Crippen molar-refractivity contribution in [1.82, 2.24) is 15.3 Å². The molecule has 0 amide bonds. The third kappa shape index (κ3) is 5.01. The van der Waals surface area contributed by atoms with Crippen molar-refractivity contribution < 1.29 is 4.74 Å². The average Bonchev–Trinajstić information content (AvgIpc) is 3.72. The number of allylic oxidation sites excluding steroid dienone is 7. The first-order valence-corrected chi connectivity index (χ1v) is 17.0. The molecule has 0 radical (unpaired) electrons. The Bertz CT molecular complexity index is 1960. The Labute approximate surface area is 276 Å². The minimum atomic E-state index is -0.116. The van der Waals surface area contributed by atoms with Gasteiger partial charge in [0.1, 0.15) is 5.76 Å². The predicted octanol–water partition coefficient (Wildman–Crippen LogP) is 9.03. The summed E-state index contributed by atoms with van der Waals surface area (Å²) in [6, 6.07) is 32.6. The van der Waals surface area contributed by atoms with Gasteiger partial charge in [-0.15, -0.1) is 0 Å². The van der Waals surface area contributed by atoms with Crippen LogP contribution in [0.4, 0.5) is 5.69 Å². The summed E-state index contributed by atoms with van der Waals surface area (Å²) >= 11 is 0. The van der Waals surface area contributed by atoms with Gasteiger partial charge in [-0.05, 0) is 61.1 Å². The van der Waals surface area contributed by atoms with Crippen LogP contribution in [0.2, 0.25) is 0 Å². The zero-order chi connectivity index (χ0) is 31.3. The first-order valence-electron chi connectivity index (χ1n) is 17.0.